The van der Waals surface area contributed by atoms with E-state index in [0.29, 0.717) is 11.4 Å². The van der Waals surface area contributed by atoms with Crippen molar-refractivity contribution in [3.05, 3.63) is 65.5 Å². The number of nitrogens with zero attached hydrogens (tertiary/aromatic N) is 3. The first-order chi connectivity index (χ1) is 10.7. The largest absolute Gasteiger partial charge is 0.327 e. The van der Waals surface area contributed by atoms with E-state index in [1.54, 1.807) is 0 Å². The Bertz CT molecular complexity index is 877. The van der Waals surface area contributed by atoms with E-state index in [9.17, 15) is 5.26 Å². The van der Waals surface area contributed by atoms with Crippen LogP contribution in [0.5, 0.6) is 0 Å². The molecule has 2 aromatic carbocycles. The van der Waals surface area contributed by atoms with Gasteiger partial charge in [0.25, 0.3) is 0 Å². The van der Waals surface area contributed by atoms with Crippen LogP contribution in [0.15, 0.2) is 48.5 Å². The predicted molar refractivity (Wildman–Crippen MR) is 90.0 cm³/mol. The number of nitriles is 1. The van der Waals surface area contributed by atoms with Crippen LogP contribution in [-0.4, -0.2) is 9.55 Å². The third-order valence-corrected chi connectivity index (χ3v) is 3.85. The molecule has 0 N–H and O–H groups in total. The number of hydrogen-bond acceptors (Lipinski definition) is 2. The lowest BCUT2D eigenvalue weighted by Gasteiger charge is -2.02. The van der Waals surface area contributed by atoms with Crippen LogP contribution in [0.4, 0.5) is 0 Å². The lowest BCUT2D eigenvalue weighted by Crippen LogP contribution is -1.96. The van der Waals surface area contributed by atoms with Crippen LogP contribution in [0.25, 0.3) is 22.7 Å². The van der Waals surface area contributed by atoms with Crippen molar-refractivity contribution in [1.82, 2.24) is 9.55 Å². The molecule has 0 saturated carbocycles. The minimum absolute atomic E-state index is 0.572. The molecule has 0 aliphatic heterocycles. The highest BCUT2D eigenvalue weighted by atomic mass is 15.1. The van der Waals surface area contributed by atoms with Crippen molar-refractivity contribution in [2.45, 2.75) is 13.3 Å². The number of fused-ring (bicyclic) bond motifs is 1. The van der Waals surface area contributed by atoms with Crippen LogP contribution in [0.3, 0.4) is 0 Å². The number of benzene rings is 2. The molecule has 0 spiro atoms. The van der Waals surface area contributed by atoms with E-state index in [4.69, 9.17) is 0 Å². The molecule has 1 heterocycles. The maximum atomic E-state index is 9.52. The van der Waals surface area contributed by atoms with Crippen molar-refractivity contribution in [3.8, 4) is 6.07 Å². The number of para-hydroxylation sites is 2. The van der Waals surface area contributed by atoms with E-state index in [-0.39, 0.29) is 0 Å². The summed E-state index contributed by atoms with van der Waals surface area (Å²) in [7, 11) is 1.94. The van der Waals surface area contributed by atoms with E-state index in [0.717, 1.165) is 23.0 Å². The van der Waals surface area contributed by atoms with Crippen LogP contribution in [0.2, 0.25) is 0 Å². The van der Waals surface area contributed by atoms with Crippen molar-refractivity contribution in [1.29, 1.82) is 5.26 Å². The first-order valence-electron chi connectivity index (χ1n) is 7.35. The monoisotopic (exact) mass is 287 g/mol. The molecule has 0 aliphatic rings. The molecule has 3 heteroatoms. The molecule has 3 nitrogen and oxygen atoms in total. The van der Waals surface area contributed by atoms with E-state index < -0.39 is 0 Å². The average Bonchev–Trinajstić information content (AvgIpc) is 2.90. The highest BCUT2D eigenvalue weighted by Gasteiger charge is 2.11. The molecule has 0 atom stereocenters. The summed E-state index contributed by atoms with van der Waals surface area (Å²) in [5.41, 5.74) is 4.81. The molecule has 0 unspecified atom stereocenters. The number of allylic oxidation sites excluding steroid dienone is 1. The van der Waals surface area contributed by atoms with Gasteiger partial charge in [-0.2, -0.15) is 5.26 Å². The highest BCUT2D eigenvalue weighted by Crippen LogP contribution is 2.22. The smallest absolute Gasteiger partial charge is 0.151 e. The SMILES string of the molecule is CCc1ccc(C=C(C#N)c2nc3ccccc3n2C)cc1. The molecular formula is C19H17N3. The second kappa shape index (κ2) is 5.87. The molecule has 1 aromatic heterocycles. The molecule has 0 amide bonds. The van der Waals surface area contributed by atoms with Gasteiger partial charge in [-0.25, -0.2) is 4.98 Å². The third kappa shape index (κ3) is 2.51. The Balaban J connectivity index is 2.07. The van der Waals surface area contributed by atoms with Gasteiger partial charge in [-0.3, -0.25) is 0 Å². The summed E-state index contributed by atoms with van der Waals surface area (Å²) in [6.07, 6.45) is 2.90. The van der Waals surface area contributed by atoms with Crippen LogP contribution in [0, 0.1) is 11.3 Å². The maximum Gasteiger partial charge on any atom is 0.151 e. The minimum Gasteiger partial charge on any atom is -0.327 e. The molecule has 3 rings (SSSR count). The van der Waals surface area contributed by atoms with Crippen molar-refractivity contribution in [3.63, 3.8) is 0 Å². The maximum absolute atomic E-state index is 9.52. The fraction of sp³-hybridized carbons (Fsp3) is 0.158. The number of hydrogen-bond donors (Lipinski definition) is 0. The van der Waals surface area contributed by atoms with Gasteiger partial charge in [-0.1, -0.05) is 43.3 Å². The minimum atomic E-state index is 0.572. The molecule has 3 aromatic rings. The van der Waals surface area contributed by atoms with E-state index in [1.165, 1.54) is 5.56 Å². The summed E-state index contributed by atoms with van der Waals surface area (Å²) in [4.78, 5) is 4.59. The Labute approximate surface area is 130 Å². The van der Waals surface area contributed by atoms with Crippen molar-refractivity contribution < 1.29 is 0 Å². The zero-order valence-corrected chi connectivity index (χ0v) is 12.7. The lowest BCUT2D eigenvalue weighted by molar-refractivity contribution is 0.925. The highest BCUT2D eigenvalue weighted by molar-refractivity contribution is 5.90. The van der Waals surface area contributed by atoms with Crippen molar-refractivity contribution >= 4 is 22.7 Å². The third-order valence-electron chi connectivity index (χ3n) is 3.85. The van der Waals surface area contributed by atoms with Gasteiger partial charge in [0.05, 0.1) is 16.6 Å². The summed E-state index contributed by atoms with van der Waals surface area (Å²) < 4.78 is 1.96. The quantitative estimate of drug-likeness (QED) is 0.677. The number of aryl methyl sites for hydroxylation is 2. The number of rotatable bonds is 3. The number of imidazole rings is 1. The standard InChI is InChI=1S/C19H17N3/c1-3-14-8-10-15(11-9-14)12-16(13-20)19-21-17-6-4-5-7-18(17)22(19)2/h4-12H,3H2,1-2H3. The Morgan fingerprint density at radius 2 is 1.91 bits per heavy atom. The van der Waals surface area contributed by atoms with E-state index in [1.807, 2.05) is 54.1 Å². The van der Waals surface area contributed by atoms with E-state index in [2.05, 4.69) is 30.1 Å². The van der Waals surface area contributed by atoms with Crippen LogP contribution in [0.1, 0.15) is 23.9 Å². The van der Waals surface area contributed by atoms with Gasteiger partial charge in [-0.05, 0) is 35.8 Å². The Hall–Kier alpha value is -2.86. The molecular weight excluding hydrogens is 270 g/mol. The zero-order valence-electron chi connectivity index (χ0n) is 12.7. The van der Waals surface area contributed by atoms with E-state index >= 15 is 0 Å². The molecule has 0 aliphatic carbocycles. The summed E-state index contributed by atoms with van der Waals surface area (Å²) in [5, 5.41) is 9.52. The summed E-state index contributed by atoms with van der Waals surface area (Å²) in [6.45, 7) is 2.13. The molecule has 0 saturated heterocycles. The molecule has 22 heavy (non-hydrogen) atoms. The lowest BCUT2D eigenvalue weighted by atomic mass is 10.1. The molecule has 0 radical (unpaired) electrons. The Morgan fingerprint density at radius 1 is 1.18 bits per heavy atom. The van der Waals surface area contributed by atoms with Crippen molar-refractivity contribution in [2.24, 2.45) is 7.05 Å². The summed E-state index contributed by atoms with van der Waals surface area (Å²) in [5.74, 6) is 0.697. The first kappa shape index (κ1) is 14.1. The van der Waals surface area contributed by atoms with Gasteiger partial charge >= 0.3 is 0 Å². The molecule has 108 valence electrons. The summed E-state index contributed by atoms with van der Waals surface area (Å²) >= 11 is 0. The van der Waals surface area contributed by atoms with Gasteiger partial charge in [0, 0.05) is 7.05 Å². The normalized spacial score (nSPS) is 11.6. The van der Waals surface area contributed by atoms with Gasteiger partial charge in [0.15, 0.2) is 5.82 Å². The predicted octanol–water partition coefficient (Wildman–Crippen LogP) is 4.20. The first-order valence-corrected chi connectivity index (χ1v) is 7.35. The molecule has 0 bridgehead atoms. The zero-order chi connectivity index (χ0) is 15.5. The van der Waals surface area contributed by atoms with Gasteiger partial charge in [0.1, 0.15) is 6.07 Å². The van der Waals surface area contributed by atoms with Crippen molar-refractivity contribution in [2.75, 3.05) is 0 Å². The second-order valence-corrected chi connectivity index (χ2v) is 5.25. The van der Waals surface area contributed by atoms with Gasteiger partial charge in [-0.15, -0.1) is 0 Å². The van der Waals surface area contributed by atoms with Crippen LogP contribution >= 0.6 is 0 Å². The fourth-order valence-corrected chi connectivity index (χ4v) is 2.55. The van der Waals surface area contributed by atoms with Gasteiger partial charge in [0.2, 0.25) is 0 Å². The fourth-order valence-electron chi connectivity index (χ4n) is 2.55. The average molecular weight is 287 g/mol. The van der Waals surface area contributed by atoms with Crippen LogP contribution in [-0.2, 0) is 13.5 Å². The Morgan fingerprint density at radius 3 is 2.55 bits per heavy atom. The number of aromatic nitrogens is 2. The van der Waals surface area contributed by atoms with Crippen LogP contribution < -0.4 is 0 Å². The Kier molecular flexibility index (Phi) is 3.76. The second-order valence-electron chi connectivity index (χ2n) is 5.25. The van der Waals surface area contributed by atoms with Gasteiger partial charge < -0.3 is 4.57 Å². The topological polar surface area (TPSA) is 41.6 Å². The summed E-state index contributed by atoms with van der Waals surface area (Å²) in [6, 6.07) is 18.5. The molecule has 0 fully saturated rings.